The first kappa shape index (κ1) is 23.4. The summed E-state index contributed by atoms with van der Waals surface area (Å²) in [6.45, 7) is 16.7. The average Bonchev–Trinajstić information content (AvgIpc) is 2.54. The summed E-state index contributed by atoms with van der Waals surface area (Å²) in [6, 6.07) is 1.64. The Balaban J connectivity index is 2.32. The fourth-order valence-corrected chi connectivity index (χ4v) is 4.45. The smallest absolute Gasteiger partial charge is 0.408 e. The minimum Gasteiger partial charge on any atom is -0.444 e. The summed E-state index contributed by atoms with van der Waals surface area (Å²) in [7, 11) is -2.00. The largest absolute Gasteiger partial charge is 0.444 e. The van der Waals surface area contributed by atoms with Gasteiger partial charge in [-0.05, 0) is 63.4 Å². The molecule has 1 aliphatic rings. The summed E-state index contributed by atoms with van der Waals surface area (Å²) in [4.78, 5) is 16.6. The highest BCUT2D eigenvalue weighted by molar-refractivity contribution is 6.74. The molecule has 29 heavy (non-hydrogen) atoms. The number of nitrogens with one attached hydrogen (secondary N) is 1. The summed E-state index contributed by atoms with van der Waals surface area (Å²) in [5, 5.41) is 3.11. The van der Waals surface area contributed by atoms with E-state index in [0.717, 1.165) is 24.0 Å². The lowest BCUT2D eigenvalue weighted by atomic mass is 9.89. The second-order valence-electron chi connectivity index (χ2n) is 10.3. The number of alkyl carbamates (subject to hydrolysis) is 1. The van der Waals surface area contributed by atoms with Crippen molar-refractivity contribution in [3.05, 3.63) is 30.1 Å². The fraction of sp³-hybridized carbons (Fsp3) is 0.636. The van der Waals surface area contributed by atoms with Crippen LogP contribution in [-0.4, -0.2) is 37.1 Å². The average molecular weight is 420 g/mol. The predicted octanol–water partition coefficient (Wildman–Crippen LogP) is 5.12. The lowest BCUT2D eigenvalue weighted by Gasteiger charge is -2.42. The molecular weight excluding hydrogens is 382 g/mol. The van der Waals surface area contributed by atoms with Crippen LogP contribution in [0, 0.1) is 0 Å². The lowest BCUT2D eigenvalue weighted by Crippen LogP contribution is -2.52. The van der Waals surface area contributed by atoms with E-state index in [-0.39, 0.29) is 17.2 Å². The molecule has 0 radical (unpaired) electrons. The minimum atomic E-state index is -2.00. The number of nitrogen functional groups attached to an aromatic ring is 1. The maximum atomic E-state index is 12.5. The lowest BCUT2D eigenvalue weighted by molar-refractivity contribution is 0.0454. The van der Waals surface area contributed by atoms with Crippen LogP contribution in [0.1, 0.15) is 59.9 Å². The Hall–Kier alpha value is -1.86. The number of nitrogens with zero attached hydrogens (tertiary/aromatic N) is 1. The third-order valence-corrected chi connectivity index (χ3v) is 10.1. The molecule has 1 heterocycles. The van der Waals surface area contributed by atoms with E-state index >= 15 is 0 Å². The zero-order valence-corrected chi connectivity index (χ0v) is 20.1. The van der Waals surface area contributed by atoms with Gasteiger partial charge in [0.25, 0.3) is 0 Å². The van der Waals surface area contributed by atoms with Gasteiger partial charge in [0.1, 0.15) is 5.60 Å². The van der Waals surface area contributed by atoms with E-state index in [1.54, 1.807) is 12.4 Å². The third-order valence-electron chi connectivity index (χ3n) is 5.61. The van der Waals surface area contributed by atoms with Crippen LogP contribution in [0.4, 0.5) is 10.5 Å². The summed E-state index contributed by atoms with van der Waals surface area (Å²) in [5.41, 5.74) is 8.27. The van der Waals surface area contributed by atoms with E-state index < -0.39 is 20.0 Å². The van der Waals surface area contributed by atoms with E-state index in [1.165, 1.54) is 0 Å². The molecule has 0 saturated carbocycles. The summed E-state index contributed by atoms with van der Waals surface area (Å²) in [5.74, 6) is 0. The highest BCUT2D eigenvalue weighted by Crippen LogP contribution is 2.40. The second-order valence-corrected chi connectivity index (χ2v) is 15.0. The van der Waals surface area contributed by atoms with Crippen molar-refractivity contribution >= 4 is 25.7 Å². The van der Waals surface area contributed by atoms with Crippen LogP contribution < -0.4 is 11.1 Å². The van der Waals surface area contributed by atoms with Crippen molar-refractivity contribution in [1.82, 2.24) is 10.3 Å². The van der Waals surface area contributed by atoms with Gasteiger partial charge < -0.3 is 20.2 Å². The van der Waals surface area contributed by atoms with Crippen molar-refractivity contribution in [1.29, 1.82) is 0 Å². The van der Waals surface area contributed by atoms with Gasteiger partial charge in [-0.3, -0.25) is 4.98 Å². The van der Waals surface area contributed by atoms with Gasteiger partial charge >= 0.3 is 6.09 Å². The monoisotopic (exact) mass is 419 g/mol. The number of carbonyl (C=O) groups is 1. The number of carbonyl (C=O) groups excluding carboxylic acids is 1. The Kier molecular flexibility index (Phi) is 6.85. The molecule has 1 amide bonds. The quantitative estimate of drug-likeness (QED) is 0.661. The molecule has 2 rings (SSSR count). The maximum absolute atomic E-state index is 12.5. The van der Waals surface area contributed by atoms with Crippen LogP contribution in [0.15, 0.2) is 24.5 Å². The number of amides is 1. The highest BCUT2D eigenvalue weighted by atomic mass is 28.4. The van der Waals surface area contributed by atoms with Crippen molar-refractivity contribution in [2.24, 2.45) is 0 Å². The Morgan fingerprint density at radius 1 is 1.24 bits per heavy atom. The van der Waals surface area contributed by atoms with Crippen LogP contribution in [0.3, 0.4) is 0 Å². The highest BCUT2D eigenvalue weighted by Gasteiger charge is 2.41. The number of anilines is 1. The van der Waals surface area contributed by atoms with Gasteiger partial charge in [-0.2, -0.15) is 0 Å². The predicted molar refractivity (Wildman–Crippen MR) is 121 cm³/mol. The van der Waals surface area contributed by atoms with Crippen molar-refractivity contribution in [2.45, 2.75) is 90.3 Å². The van der Waals surface area contributed by atoms with Crippen molar-refractivity contribution in [3.8, 4) is 0 Å². The maximum Gasteiger partial charge on any atom is 0.408 e. The van der Waals surface area contributed by atoms with Gasteiger partial charge in [0.15, 0.2) is 8.32 Å². The Morgan fingerprint density at radius 2 is 1.90 bits per heavy atom. The van der Waals surface area contributed by atoms with E-state index in [2.05, 4.69) is 50.2 Å². The second kappa shape index (κ2) is 8.48. The zero-order valence-electron chi connectivity index (χ0n) is 19.1. The third kappa shape index (κ3) is 6.31. The number of pyridine rings is 1. The van der Waals surface area contributed by atoms with E-state index in [9.17, 15) is 4.79 Å². The van der Waals surface area contributed by atoms with Crippen LogP contribution in [0.2, 0.25) is 18.1 Å². The van der Waals surface area contributed by atoms with Crippen LogP contribution in [0.5, 0.6) is 0 Å². The summed E-state index contributed by atoms with van der Waals surface area (Å²) in [6.07, 6.45) is 6.56. The van der Waals surface area contributed by atoms with Crippen LogP contribution >= 0.6 is 0 Å². The van der Waals surface area contributed by atoms with Crippen molar-refractivity contribution < 1.29 is 14.0 Å². The first-order valence-corrected chi connectivity index (χ1v) is 13.2. The van der Waals surface area contributed by atoms with E-state index in [1.807, 2.05) is 26.8 Å². The summed E-state index contributed by atoms with van der Waals surface area (Å²) >= 11 is 0. The molecular formula is C22H37N3O3Si. The molecule has 1 aromatic rings. The topological polar surface area (TPSA) is 86.5 Å². The molecule has 3 N–H and O–H groups in total. The molecule has 6 nitrogen and oxygen atoms in total. The molecule has 2 atom stereocenters. The molecule has 0 bridgehead atoms. The van der Waals surface area contributed by atoms with Gasteiger partial charge in [0.2, 0.25) is 0 Å². The Labute approximate surface area is 176 Å². The summed E-state index contributed by atoms with van der Waals surface area (Å²) < 4.78 is 12.2. The Bertz CT molecular complexity index is 763. The van der Waals surface area contributed by atoms with Crippen molar-refractivity contribution in [2.75, 3.05) is 5.73 Å². The Morgan fingerprint density at radius 3 is 2.45 bits per heavy atom. The molecule has 7 heteroatoms. The number of aromatic nitrogens is 1. The normalized spacial score (nSPS) is 20.8. The van der Waals surface area contributed by atoms with Crippen LogP contribution in [-0.2, 0) is 9.16 Å². The molecule has 162 valence electrons. The fourth-order valence-electron chi connectivity index (χ4n) is 3.07. The van der Waals surface area contributed by atoms with Gasteiger partial charge in [-0.25, -0.2) is 4.79 Å². The molecule has 0 fully saturated rings. The number of nitrogens with two attached hydrogens (primary N) is 1. The number of hydrogen-bond donors (Lipinski definition) is 2. The molecule has 0 aliphatic heterocycles. The molecule has 1 aromatic heterocycles. The first-order valence-electron chi connectivity index (χ1n) is 10.3. The molecule has 0 aromatic carbocycles. The first-order chi connectivity index (χ1) is 13.2. The molecule has 0 unspecified atom stereocenters. The number of hydrogen-bond acceptors (Lipinski definition) is 5. The van der Waals surface area contributed by atoms with Gasteiger partial charge in [0.05, 0.1) is 24.0 Å². The zero-order chi connectivity index (χ0) is 22.0. The number of rotatable bonds is 4. The van der Waals surface area contributed by atoms with E-state index in [4.69, 9.17) is 14.9 Å². The molecule has 1 aliphatic carbocycles. The minimum absolute atomic E-state index is 0.0863. The standard InChI is InChI=1S/C22H37N3O3Si/c1-21(2,3)27-20(26)25-18-13-15(16-11-12-24-14-17(16)23)9-10-19(18)28-29(7,8)22(4,5)6/h11-14,18-19H,9-10,23H2,1-8H3,(H,25,26)/t18-,19-/m0/s1. The van der Waals surface area contributed by atoms with Gasteiger partial charge in [-0.15, -0.1) is 0 Å². The number of allylic oxidation sites excluding steroid dienone is 1. The molecule has 0 spiro atoms. The SMILES string of the molecule is CC(C)(C)OC(=O)N[C@H]1C=C(c2ccncc2N)CC[C@@H]1O[Si](C)(C)C(C)(C)C. The molecule has 0 saturated heterocycles. The van der Waals surface area contributed by atoms with Gasteiger partial charge in [-0.1, -0.05) is 26.8 Å². The van der Waals surface area contributed by atoms with Crippen molar-refractivity contribution in [3.63, 3.8) is 0 Å². The van der Waals surface area contributed by atoms with Crippen LogP contribution in [0.25, 0.3) is 5.57 Å². The van der Waals surface area contributed by atoms with E-state index in [0.29, 0.717) is 5.69 Å². The number of ether oxygens (including phenoxy) is 1. The van der Waals surface area contributed by atoms with Gasteiger partial charge in [0, 0.05) is 11.8 Å².